The van der Waals surface area contributed by atoms with Crippen LogP contribution in [0.4, 0.5) is 11.4 Å². The van der Waals surface area contributed by atoms with Crippen molar-refractivity contribution >= 4 is 22.7 Å². The molecule has 7 heteroatoms. The van der Waals surface area contributed by atoms with Crippen molar-refractivity contribution in [2.75, 3.05) is 0 Å². The van der Waals surface area contributed by atoms with E-state index in [2.05, 4.69) is 0 Å². The van der Waals surface area contributed by atoms with Gasteiger partial charge in [-0.25, -0.2) is 4.99 Å². The maximum atomic E-state index is 11.2. The summed E-state index contributed by atoms with van der Waals surface area (Å²) in [6.45, 7) is 0. The van der Waals surface area contributed by atoms with Crippen molar-refractivity contribution in [2.24, 2.45) is 4.99 Å². The number of hydrogen-bond donors (Lipinski definition) is 0. The zero-order valence-electron chi connectivity index (χ0n) is 14.6. The van der Waals surface area contributed by atoms with Crippen molar-refractivity contribution in [3.8, 4) is 16.9 Å². The summed E-state index contributed by atoms with van der Waals surface area (Å²) in [5.41, 5.74) is 3.52. The lowest BCUT2D eigenvalue weighted by atomic mass is 10.1. The topological polar surface area (TPSA) is 60.4 Å². The van der Waals surface area contributed by atoms with Gasteiger partial charge in [0, 0.05) is 28.8 Å². The monoisotopic (exact) mass is 452 g/mol. The van der Waals surface area contributed by atoms with Gasteiger partial charge in [0.25, 0.3) is 5.69 Å². The predicted octanol–water partition coefficient (Wildman–Crippen LogP) is 2.35. The van der Waals surface area contributed by atoms with Crippen molar-refractivity contribution in [3.63, 3.8) is 0 Å². The van der Waals surface area contributed by atoms with Gasteiger partial charge in [-0.15, -0.1) is 11.3 Å². The molecule has 0 radical (unpaired) electrons. The number of rotatable bonds is 4. The Morgan fingerprint density at radius 2 is 1.57 bits per heavy atom. The van der Waals surface area contributed by atoms with Gasteiger partial charge in [0.2, 0.25) is 0 Å². The number of thiazole rings is 1. The molecule has 3 aromatic carbocycles. The summed E-state index contributed by atoms with van der Waals surface area (Å²) in [6, 6.07) is 26.3. The van der Waals surface area contributed by atoms with Gasteiger partial charge in [-0.3, -0.25) is 14.7 Å². The summed E-state index contributed by atoms with van der Waals surface area (Å²) in [5, 5.41) is 13.1. The van der Waals surface area contributed by atoms with Gasteiger partial charge in [-0.2, -0.15) is 0 Å². The second-order valence-electron chi connectivity index (χ2n) is 5.83. The molecule has 0 aliphatic heterocycles. The van der Waals surface area contributed by atoms with Gasteiger partial charge in [-0.05, 0) is 24.3 Å². The molecule has 140 valence electrons. The molecule has 0 N–H and O–H groups in total. The van der Waals surface area contributed by atoms with E-state index >= 15 is 0 Å². The Morgan fingerprint density at radius 3 is 2.25 bits per heavy atom. The minimum Gasteiger partial charge on any atom is -1.00 e. The molecule has 0 aliphatic carbocycles. The highest BCUT2D eigenvalue weighted by Crippen LogP contribution is 2.27. The van der Waals surface area contributed by atoms with E-state index < -0.39 is 0 Å². The largest absolute Gasteiger partial charge is 1.00 e. The van der Waals surface area contributed by atoms with E-state index in [0.29, 0.717) is 0 Å². The molecule has 4 rings (SSSR count). The Balaban J connectivity index is 0.00000225. The van der Waals surface area contributed by atoms with Crippen LogP contribution in [0.5, 0.6) is 0 Å². The van der Waals surface area contributed by atoms with Gasteiger partial charge >= 0.3 is 0 Å². The lowest BCUT2D eigenvalue weighted by Crippen LogP contribution is -3.00. The fraction of sp³-hybridized carbons (Fsp3) is 0. The minimum atomic E-state index is -0.377. The SMILES string of the molecule is O=[N+]([O-])c1cccc(-c2csc(=Nc3ccccc3)n2-c2ccccc2)c1.[Br-]. The number of aromatic nitrogens is 1. The first-order chi connectivity index (χ1) is 13.2. The van der Waals surface area contributed by atoms with E-state index in [-0.39, 0.29) is 27.6 Å². The number of benzene rings is 3. The van der Waals surface area contributed by atoms with Crippen LogP contribution in [0.1, 0.15) is 0 Å². The van der Waals surface area contributed by atoms with E-state index in [0.717, 1.165) is 27.4 Å². The molecule has 0 spiro atoms. The van der Waals surface area contributed by atoms with Crippen molar-refractivity contribution in [1.29, 1.82) is 0 Å². The average molecular weight is 453 g/mol. The molecule has 0 amide bonds. The van der Waals surface area contributed by atoms with Crippen molar-refractivity contribution in [3.05, 3.63) is 105 Å². The molecule has 1 heterocycles. The van der Waals surface area contributed by atoms with E-state index in [1.807, 2.05) is 76.7 Å². The standard InChI is InChI=1S/C21H15N3O2S.BrH/c25-24(26)19-13-7-8-16(14-19)20-15-27-21(22-17-9-3-1-4-10-17)23(20)18-11-5-2-6-12-18;/h1-15H;1H/p-1. The summed E-state index contributed by atoms with van der Waals surface area (Å²) in [5.74, 6) is 0. The molecule has 0 saturated carbocycles. The highest BCUT2D eigenvalue weighted by molar-refractivity contribution is 7.07. The number of nitro groups is 1. The fourth-order valence-electron chi connectivity index (χ4n) is 2.81. The molecule has 0 atom stereocenters. The minimum absolute atomic E-state index is 0. The lowest BCUT2D eigenvalue weighted by Gasteiger charge is -2.09. The summed E-state index contributed by atoms with van der Waals surface area (Å²) < 4.78 is 2.02. The van der Waals surface area contributed by atoms with Crippen molar-refractivity contribution in [1.82, 2.24) is 4.57 Å². The van der Waals surface area contributed by atoms with E-state index in [1.165, 1.54) is 17.4 Å². The summed E-state index contributed by atoms with van der Waals surface area (Å²) >= 11 is 1.50. The third kappa shape index (κ3) is 4.11. The number of para-hydroxylation sites is 2. The summed E-state index contributed by atoms with van der Waals surface area (Å²) in [7, 11) is 0. The van der Waals surface area contributed by atoms with Crippen LogP contribution in [-0.2, 0) is 0 Å². The summed E-state index contributed by atoms with van der Waals surface area (Å²) in [4.78, 5) is 16.4. The zero-order valence-corrected chi connectivity index (χ0v) is 17.0. The Bertz CT molecular complexity index is 1160. The molecule has 5 nitrogen and oxygen atoms in total. The van der Waals surface area contributed by atoms with Crippen LogP contribution < -0.4 is 21.8 Å². The first kappa shape index (κ1) is 19.7. The second-order valence-corrected chi connectivity index (χ2v) is 6.67. The normalized spacial score (nSPS) is 11.1. The van der Waals surface area contributed by atoms with E-state index in [1.54, 1.807) is 12.1 Å². The fourth-order valence-corrected chi connectivity index (χ4v) is 3.73. The van der Waals surface area contributed by atoms with Gasteiger partial charge in [0.05, 0.1) is 16.3 Å². The molecule has 0 fully saturated rings. The van der Waals surface area contributed by atoms with Crippen LogP contribution >= 0.6 is 11.3 Å². The average Bonchev–Trinajstić information content (AvgIpc) is 3.13. The molecule has 0 saturated heterocycles. The van der Waals surface area contributed by atoms with Crippen molar-refractivity contribution in [2.45, 2.75) is 0 Å². The number of nitrogens with zero attached hydrogens (tertiary/aromatic N) is 3. The first-order valence-corrected chi connectivity index (χ1v) is 9.21. The van der Waals surface area contributed by atoms with Crippen LogP contribution in [0.3, 0.4) is 0 Å². The molecular formula is C21H15BrN3O2S-. The Kier molecular flexibility index (Phi) is 6.18. The molecule has 0 unspecified atom stereocenters. The Labute approximate surface area is 176 Å². The van der Waals surface area contributed by atoms with Crippen molar-refractivity contribution < 1.29 is 21.9 Å². The molecule has 0 bridgehead atoms. The third-order valence-corrected chi connectivity index (χ3v) is 4.88. The predicted molar refractivity (Wildman–Crippen MR) is 107 cm³/mol. The second kappa shape index (κ2) is 8.77. The van der Waals surface area contributed by atoms with Gasteiger partial charge in [-0.1, -0.05) is 48.5 Å². The molecule has 1 aromatic heterocycles. The highest BCUT2D eigenvalue weighted by atomic mass is 79.9. The van der Waals surface area contributed by atoms with Gasteiger partial charge in [0.1, 0.15) is 0 Å². The smallest absolute Gasteiger partial charge is 0.270 e. The van der Waals surface area contributed by atoms with Crippen LogP contribution in [0.25, 0.3) is 16.9 Å². The van der Waals surface area contributed by atoms with Crippen LogP contribution in [0.15, 0.2) is 95.3 Å². The molecular weight excluding hydrogens is 438 g/mol. The zero-order chi connectivity index (χ0) is 18.6. The van der Waals surface area contributed by atoms with E-state index in [9.17, 15) is 10.1 Å². The van der Waals surface area contributed by atoms with Gasteiger partial charge in [0.15, 0.2) is 4.80 Å². The maximum absolute atomic E-state index is 11.2. The number of nitro benzene ring substituents is 1. The third-order valence-electron chi connectivity index (χ3n) is 4.06. The molecule has 0 aliphatic rings. The molecule has 28 heavy (non-hydrogen) atoms. The number of halogens is 1. The Morgan fingerprint density at radius 1 is 0.893 bits per heavy atom. The quantitative estimate of drug-likeness (QED) is 0.352. The number of non-ortho nitro benzene ring substituents is 1. The van der Waals surface area contributed by atoms with Crippen LogP contribution in [-0.4, -0.2) is 9.49 Å². The van der Waals surface area contributed by atoms with Gasteiger partial charge < -0.3 is 17.0 Å². The van der Waals surface area contributed by atoms with E-state index in [4.69, 9.17) is 4.99 Å². The summed E-state index contributed by atoms with van der Waals surface area (Å²) in [6.07, 6.45) is 0. The Hall–Kier alpha value is -3.03. The van der Waals surface area contributed by atoms with Crippen LogP contribution in [0, 0.1) is 10.1 Å². The number of hydrogen-bond acceptors (Lipinski definition) is 4. The maximum Gasteiger partial charge on any atom is 0.270 e. The highest BCUT2D eigenvalue weighted by Gasteiger charge is 2.13. The first-order valence-electron chi connectivity index (χ1n) is 8.33. The molecule has 4 aromatic rings. The van der Waals surface area contributed by atoms with Crippen LogP contribution in [0.2, 0.25) is 0 Å². The lowest BCUT2D eigenvalue weighted by molar-refractivity contribution is -0.384.